The number of aliphatic hydroxyl groups excluding tert-OH is 2. The maximum absolute atomic E-state index is 11.9. The Balaban J connectivity index is 2.15. The highest BCUT2D eigenvalue weighted by molar-refractivity contribution is 6.21. The fraction of sp³-hybridized carbons (Fsp3) is 0.235. The minimum atomic E-state index is -1.78. The van der Waals surface area contributed by atoms with Crippen LogP contribution in [0.3, 0.4) is 0 Å². The van der Waals surface area contributed by atoms with Gasteiger partial charge in [-0.2, -0.15) is 0 Å². The lowest BCUT2D eigenvalue weighted by Crippen LogP contribution is -2.30. The van der Waals surface area contributed by atoms with Gasteiger partial charge in [0.1, 0.15) is 6.10 Å². The Bertz CT molecular complexity index is 835. The van der Waals surface area contributed by atoms with Gasteiger partial charge in [-0.05, 0) is 30.0 Å². The fourth-order valence-corrected chi connectivity index (χ4v) is 2.75. The quantitative estimate of drug-likeness (QED) is 0.638. The summed E-state index contributed by atoms with van der Waals surface area (Å²) < 4.78 is 9.35. The highest BCUT2D eigenvalue weighted by atomic mass is 16.6. The van der Waals surface area contributed by atoms with Crippen LogP contribution in [0, 0.1) is 0 Å². The molecule has 24 heavy (non-hydrogen) atoms. The van der Waals surface area contributed by atoms with Crippen LogP contribution in [-0.2, 0) is 14.3 Å². The van der Waals surface area contributed by atoms with Gasteiger partial charge in [0.2, 0.25) is 0 Å². The molecule has 1 heterocycles. The van der Waals surface area contributed by atoms with Gasteiger partial charge in [-0.25, -0.2) is 14.4 Å². The van der Waals surface area contributed by atoms with E-state index < -0.39 is 30.1 Å². The van der Waals surface area contributed by atoms with Gasteiger partial charge >= 0.3 is 17.9 Å². The molecule has 3 rings (SSSR count). The average Bonchev–Trinajstić information content (AvgIpc) is 2.58. The molecule has 7 heteroatoms. The lowest BCUT2D eigenvalue weighted by atomic mass is 9.90. The van der Waals surface area contributed by atoms with E-state index in [0.717, 1.165) is 0 Å². The predicted molar refractivity (Wildman–Crippen MR) is 81.3 cm³/mol. The van der Waals surface area contributed by atoms with E-state index >= 15 is 0 Å². The van der Waals surface area contributed by atoms with Crippen LogP contribution in [0.15, 0.2) is 30.3 Å². The highest BCUT2D eigenvalue weighted by Gasteiger charge is 2.32. The fourth-order valence-electron chi connectivity index (χ4n) is 2.75. The number of carbonyl (C=O) groups is 3. The Kier molecular flexibility index (Phi) is 4.04. The third kappa shape index (κ3) is 2.44. The van der Waals surface area contributed by atoms with E-state index in [2.05, 4.69) is 4.74 Å². The Morgan fingerprint density at radius 3 is 2.46 bits per heavy atom. The summed E-state index contributed by atoms with van der Waals surface area (Å²) in [5, 5.41) is 21.0. The summed E-state index contributed by atoms with van der Waals surface area (Å²) in [4.78, 5) is 35.4. The van der Waals surface area contributed by atoms with Crippen molar-refractivity contribution in [1.29, 1.82) is 0 Å². The van der Waals surface area contributed by atoms with Gasteiger partial charge in [-0.15, -0.1) is 0 Å². The van der Waals surface area contributed by atoms with E-state index in [1.54, 1.807) is 19.1 Å². The van der Waals surface area contributed by atoms with Gasteiger partial charge in [0.15, 0.2) is 6.10 Å². The van der Waals surface area contributed by atoms with Gasteiger partial charge in [0, 0.05) is 5.39 Å². The van der Waals surface area contributed by atoms with Crippen molar-refractivity contribution in [2.45, 2.75) is 19.1 Å². The van der Waals surface area contributed by atoms with Gasteiger partial charge in [0.05, 0.1) is 17.7 Å². The van der Waals surface area contributed by atoms with E-state index in [0.29, 0.717) is 10.8 Å². The SMILES string of the molecule is CCOC(=O)C(O)C(O)c1ccc2c3c(cccc13)C(=O)OC2=O. The minimum absolute atomic E-state index is 0.0623. The zero-order valence-corrected chi connectivity index (χ0v) is 12.7. The van der Waals surface area contributed by atoms with Crippen LogP contribution in [0.5, 0.6) is 0 Å². The molecule has 0 amide bonds. The Morgan fingerprint density at radius 1 is 1.12 bits per heavy atom. The summed E-state index contributed by atoms with van der Waals surface area (Å²) in [6.45, 7) is 1.64. The second kappa shape index (κ2) is 6.03. The lowest BCUT2D eigenvalue weighted by molar-refractivity contribution is -0.159. The lowest BCUT2D eigenvalue weighted by Gasteiger charge is -2.21. The Labute approximate surface area is 136 Å². The first-order valence-electron chi connectivity index (χ1n) is 7.30. The van der Waals surface area contributed by atoms with Crippen molar-refractivity contribution in [1.82, 2.24) is 0 Å². The van der Waals surface area contributed by atoms with Crippen molar-refractivity contribution in [3.05, 3.63) is 47.0 Å². The molecule has 2 atom stereocenters. The van der Waals surface area contributed by atoms with Gasteiger partial charge in [0.25, 0.3) is 0 Å². The maximum Gasteiger partial charge on any atom is 0.346 e. The molecule has 2 aromatic carbocycles. The molecule has 0 fully saturated rings. The largest absolute Gasteiger partial charge is 0.464 e. The average molecular weight is 330 g/mol. The molecule has 7 nitrogen and oxygen atoms in total. The monoisotopic (exact) mass is 330 g/mol. The number of cyclic esters (lactones) is 2. The standard InChI is InChI=1S/C17H14O7/c1-2-23-17(22)14(19)13(18)9-6-7-11-12-8(9)4-3-5-10(12)15(20)24-16(11)21/h3-7,13-14,18-19H,2H2,1H3. The van der Waals surface area contributed by atoms with Crippen molar-refractivity contribution in [3.63, 3.8) is 0 Å². The topological polar surface area (TPSA) is 110 Å². The van der Waals surface area contributed by atoms with Gasteiger partial charge in [-0.3, -0.25) is 0 Å². The first-order valence-corrected chi connectivity index (χ1v) is 7.30. The summed E-state index contributed by atoms with van der Waals surface area (Å²) in [6, 6.07) is 7.44. The summed E-state index contributed by atoms with van der Waals surface area (Å²) in [5.74, 6) is -2.52. The van der Waals surface area contributed by atoms with Gasteiger partial charge < -0.3 is 19.7 Å². The van der Waals surface area contributed by atoms with Crippen LogP contribution in [-0.4, -0.2) is 40.8 Å². The van der Waals surface area contributed by atoms with E-state index in [-0.39, 0.29) is 23.3 Å². The van der Waals surface area contributed by atoms with Crippen LogP contribution in [0.1, 0.15) is 39.3 Å². The zero-order valence-electron chi connectivity index (χ0n) is 12.7. The minimum Gasteiger partial charge on any atom is -0.464 e. The Morgan fingerprint density at radius 2 is 1.79 bits per heavy atom. The van der Waals surface area contributed by atoms with Crippen LogP contribution in [0.25, 0.3) is 10.8 Å². The number of aliphatic hydroxyl groups is 2. The second-order valence-electron chi connectivity index (χ2n) is 5.25. The number of carbonyl (C=O) groups excluding carboxylic acids is 3. The van der Waals surface area contributed by atoms with E-state index in [1.165, 1.54) is 18.2 Å². The van der Waals surface area contributed by atoms with Crippen molar-refractivity contribution in [3.8, 4) is 0 Å². The summed E-state index contributed by atoms with van der Waals surface area (Å²) in [7, 11) is 0. The number of ether oxygens (including phenoxy) is 2. The summed E-state index contributed by atoms with van der Waals surface area (Å²) in [6.07, 6.45) is -3.35. The first-order chi connectivity index (χ1) is 11.5. The normalized spacial score (nSPS) is 15.8. The molecule has 2 aromatic rings. The van der Waals surface area contributed by atoms with E-state index in [1.807, 2.05) is 0 Å². The van der Waals surface area contributed by atoms with Crippen LogP contribution < -0.4 is 0 Å². The molecule has 0 spiro atoms. The first kappa shape index (κ1) is 16.1. The molecular formula is C17H14O7. The van der Waals surface area contributed by atoms with Crippen LogP contribution >= 0.6 is 0 Å². The van der Waals surface area contributed by atoms with Crippen molar-refractivity contribution in [2.75, 3.05) is 6.61 Å². The van der Waals surface area contributed by atoms with Crippen LogP contribution in [0.2, 0.25) is 0 Å². The maximum atomic E-state index is 11.9. The number of hydrogen-bond acceptors (Lipinski definition) is 7. The van der Waals surface area contributed by atoms with Crippen molar-refractivity contribution >= 4 is 28.7 Å². The smallest absolute Gasteiger partial charge is 0.346 e. The molecule has 0 saturated heterocycles. The number of hydrogen-bond donors (Lipinski definition) is 2. The third-order valence-corrected chi connectivity index (χ3v) is 3.85. The number of benzene rings is 2. The zero-order chi connectivity index (χ0) is 17.4. The molecule has 0 aromatic heterocycles. The molecular weight excluding hydrogens is 316 g/mol. The van der Waals surface area contributed by atoms with Gasteiger partial charge in [-0.1, -0.05) is 18.2 Å². The second-order valence-corrected chi connectivity index (χ2v) is 5.25. The molecule has 0 radical (unpaired) electrons. The van der Waals surface area contributed by atoms with E-state index in [4.69, 9.17) is 4.74 Å². The highest BCUT2D eigenvalue weighted by Crippen LogP contribution is 2.34. The van der Waals surface area contributed by atoms with Crippen LogP contribution in [0.4, 0.5) is 0 Å². The molecule has 2 N–H and O–H groups in total. The van der Waals surface area contributed by atoms with E-state index in [9.17, 15) is 24.6 Å². The summed E-state index contributed by atoms with van der Waals surface area (Å²) >= 11 is 0. The molecule has 124 valence electrons. The molecule has 0 saturated carbocycles. The van der Waals surface area contributed by atoms with Crippen molar-refractivity contribution < 1.29 is 34.1 Å². The predicted octanol–water partition coefficient (Wildman–Crippen LogP) is 1.11. The summed E-state index contributed by atoms with van der Waals surface area (Å²) in [5.41, 5.74) is 0.571. The molecule has 2 unspecified atom stereocenters. The molecule has 1 aliphatic rings. The number of esters is 3. The Hall–Kier alpha value is -2.77. The number of rotatable bonds is 4. The molecule has 0 bridgehead atoms. The molecule has 1 aliphatic heterocycles. The third-order valence-electron chi connectivity index (χ3n) is 3.85. The molecule has 0 aliphatic carbocycles. The van der Waals surface area contributed by atoms with Crippen molar-refractivity contribution in [2.24, 2.45) is 0 Å².